The first-order valence-corrected chi connectivity index (χ1v) is 6.65. The number of aliphatic carboxylic acids is 1. The molecule has 0 aliphatic carbocycles. The molecule has 1 aromatic carbocycles. The van der Waals surface area contributed by atoms with E-state index in [-0.39, 0.29) is 24.6 Å². The van der Waals surface area contributed by atoms with E-state index in [1.165, 1.54) is 24.0 Å². The highest BCUT2D eigenvalue weighted by molar-refractivity contribution is 5.85. The van der Waals surface area contributed by atoms with Crippen LogP contribution in [-0.4, -0.2) is 33.5 Å². The van der Waals surface area contributed by atoms with Gasteiger partial charge in [0.2, 0.25) is 0 Å². The van der Waals surface area contributed by atoms with Gasteiger partial charge in [-0.3, -0.25) is 20.2 Å². The van der Waals surface area contributed by atoms with Crippen molar-refractivity contribution >= 4 is 23.0 Å². The van der Waals surface area contributed by atoms with Gasteiger partial charge in [0.05, 0.1) is 9.85 Å². The lowest BCUT2D eigenvalue weighted by atomic mass is 10.1. The molecule has 2 rings (SSSR count). The van der Waals surface area contributed by atoms with Gasteiger partial charge in [0, 0.05) is 18.7 Å². The van der Waals surface area contributed by atoms with Gasteiger partial charge in [-0.05, 0) is 24.8 Å². The zero-order valence-corrected chi connectivity index (χ0v) is 12.1. The maximum absolute atomic E-state index is 11.4. The molecular weight excluding hydrogens is 294 g/mol. The van der Waals surface area contributed by atoms with Gasteiger partial charge in [0.1, 0.15) is 6.04 Å². The van der Waals surface area contributed by atoms with Gasteiger partial charge in [0.25, 0.3) is 11.4 Å². The molecule has 0 bridgehead atoms. The third-order valence-electron chi connectivity index (χ3n) is 3.69. The molecule has 0 radical (unpaired) electrons. The molecule has 1 heterocycles. The average molecular weight is 309 g/mol. The number of aryl methyl sites for hydroxylation is 1. The summed E-state index contributed by atoms with van der Waals surface area (Å²) in [6, 6.07) is 1.45. The van der Waals surface area contributed by atoms with E-state index in [0.717, 1.165) is 0 Å². The average Bonchev–Trinajstić information content (AvgIpc) is 2.79. The van der Waals surface area contributed by atoms with Gasteiger partial charge in [0.15, 0.2) is 5.69 Å². The molecule has 1 saturated heterocycles. The molecule has 1 N–H and O–H groups in total. The van der Waals surface area contributed by atoms with E-state index in [9.17, 15) is 30.1 Å². The summed E-state index contributed by atoms with van der Waals surface area (Å²) in [6.07, 6.45) is 0.289. The first-order chi connectivity index (χ1) is 10.2. The summed E-state index contributed by atoms with van der Waals surface area (Å²) in [5, 5.41) is 31.8. The summed E-state index contributed by atoms with van der Waals surface area (Å²) in [4.78, 5) is 33.8. The fourth-order valence-corrected chi connectivity index (χ4v) is 2.84. The van der Waals surface area contributed by atoms with Crippen molar-refractivity contribution in [3.05, 3.63) is 37.9 Å². The number of carbonyl (C=O) groups is 1. The Morgan fingerprint density at radius 1 is 1.27 bits per heavy atom. The van der Waals surface area contributed by atoms with Crippen LogP contribution in [0.4, 0.5) is 17.1 Å². The van der Waals surface area contributed by atoms with E-state index in [4.69, 9.17) is 0 Å². The quantitative estimate of drug-likeness (QED) is 0.666. The number of hydrogen-bond donors (Lipinski definition) is 1. The summed E-state index contributed by atoms with van der Waals surface area (Å²) >= 11 is 0. The van der Waals surface area contributed by atoms with Crippen LogP contribution in [0, 0.1) is 33.1 Å². The lowest BCUT2D eigenvalue weighted by molar-refractivity contribution is -0.392. The van der Waals surface area contributed by atoms with Crippen LogP contribution >= 0.6 is 0 Å². The second-order valence-corrected chi connectivity index (χ2v) is 5.51. The Kier molecular flexibility index (Phi) is 3.98. The largest absolute Gasteiger partial charge is 0.480 e. The van der Waals surface area contributed by atoms with Gasteiger partial charge in [-0.2, -0.15) is 0 Å². The van der Waals surface area contributed by atoms with Crippen molar-refractivity contribution in [1.82, 2.24) is 0 Å². The van der Waals surface area contributed by atoms with Gasteiger partial charge < -0.3 is 10.0 Å². The number of anilines is 1. The first-order valence-electron chi connectivity index (χ1n) is 6.65. The monoisotopic (exact) mass is 309 g/mol. The van der Waals surface area contributed by atoms with Gasteiger partial charge in [-0.25, -0.2) is 4.79 Å². The number of nitro groups is 2. The smallest absolute Gasteiger partial charge is 0.326 e. The number of carboxylic acid groups (broad SMARTS) is 1. The molecule has 118 valence electrons. The molecule has 0 aromatic heterocycles. The van der Waals surface area contributed by atoms with Crippen LogP contribution in [0.1, 0.15) is 18.9 Å². The zero-order valence-electron chi connectivity index (χ0n) is 12.1. The number of nitro benzene ring substituents is 2. The van der Waals surface area contributed by atoms with Crippen molar-refractivity contribution in [2.45, 2.75) is 26.3 Å². The highest BCUT2D eigenvalue weighted by Gasteiger charge is 2.41. The summed E-state index contributed by atoms with van der Waals surface area (Å²) in [5.74, 6) is -1.17. The second kappa shape index (κ2) is 5.58. The highest BCUT2D eigenvalue weighted by atomic mass is 16.6. The lowest BCUT2D eigenvalue weighted by Crippen LogP contribution is -2.36. The van der Waals surface area contributed by atoms with Crippen LogP contribution < -0.4 is 4.90 Å². The van der Waals surface area contributed by atoms with Crippen molar-refractivity contribution in [3.8, 4) is 0 Å². The number of nitrogens with zero attached hydrogens (tertiary/aromatic N) is 3. The Bertz CT molecular complexity index is 624. The van der Waals surface area contributed by atoms with Crippen LogP contribution in [0.2, 0.25) is 0 Å². The Morgan fingerprint density at radius 2 is 1.77 bits per heavy atom. The molecule has 1 fully saturated rings. The van der Waals surface area contributed by atoms with Gasteiger partial charge in [-0.1, -0.05) is 6.92 Å². The molecule has 9 heteroatoms. The SMILES string of the molecule is Cc1cc([N+](=O)[O-])c(N2C[C@@H](C)C[C@@H]2C(=O)O)c([N+](=O)[O-])c1. The minimum absolute atomic E-state index is 0.0263. The summed E-state index contributed by atoms with van der Waals surface area (Å²) in [7, 11) is 0. The molecule has 1 aromatic rings. The summed E-state index contributed by atoms with van der Waals surface area (Å²) in [5.41, 5.74) is -0.724. The van der Waals surface area contributed by atoms with E-state index in [1.807, 2.05) is 6.92 Å². The first kappa shape index (κ1) is 15.7. The summed E-state index contributed by atoms with van der Waals surface area (Å²) in [6.45, 7) is 3.55. The van der Waals surface area contributed by atoms with E-state index < -0.39 is 33.2 Å². The Hall–Kier alpha value is -2.71. The maximum atomic E-state index is 11.4. The van der Waals surface area contributed by atoms with E-state index >= 15 is 0 Å². The predicted octanol–water partition coefficient (Wildman–Crippen LogP) is 2.11. The number of hydrogen-bond acceptors (Lipinski definition) is 6. The fraction of sp³-hybridized carbons (Fsp3) is 0.462. The molecular formula is C13H15N3O6. The van der Waals surface area contributed by atoms with E-state index in [2.05, 4.69) is 0 Å². The number of rotatable bonds is 4. The molecule has 0 unspecified atom stereocenters. The minimum atomic E-state index is -1.14. The van der Waals surface area contributed by atoms with Crippen molar-refractivity contribution in [2.24, 2.45) is 5.92 Å². The standard InChI is InChI=1S/C13H15N3O6/c1-7-3-9(15(19)20)12(10(4-7)16(21)22)14-6-8(2)5-11(14)13(17)18/h3-4,8,11H,5-6H2,1-2H3,(H,17,18)/t8-,11+/m0/s1. The van der Waals surface area contributed by atoms with E-state index in [1.54, 1.807) is 0 Å². The zero-order chi connectivity index (χ0) is 16.6. The Morgan fingerprint density at radius 3 is 2.18 bits per heavy atom. The van der Waals surface area contributed by atoms with Crippen LogP contribution in [0.25, 0.3) is 0 Å². The van der Waals surface area contributed by atoms with Crippen LogP contribution in [0.5, 0.6) is 0 Å². The predicted molar refractivity (Wildman–Crippen MR) is 77.0 cm³/mol. The molecule has 1 aliphatic rings. The van der Waals surface area contributed by atoms with Crippen LogP contribution in [0.15, 0.2) is 12.1 Å². The normalized spacial score (nSPS) is 20.9. The number of carboxylic acids is 1. The molecule has 0 amide bonds. The Labute approximate surface area is 125 Å². The molecule has 0 saturated carbocycles. The van der Waals surface area contributed by atoms with Crippen molar-refractivity contribution in [3.63, 3.8) is 0 Å². The second-order valence-electron chi connectivity index (χ2n) is 5.51. The highest BCUT2D eigenvalue weighted by Crippen LogP contribution is 2.42. The fourth-order valence-electron chi connectivity index (χ4n) is 2.84. The number of benzene rings is 1. The van der Waals surface area contributed by atoms with Crippen molar-refractivity contribution in [2.75, 3.05) is 11.4 Å². The third-order valence-corrected chi connectivity index (χ3v) is 3.69. The molecule has 22 heavy (non-hydrogen) atoms. The van der Waals surface area contributed by atoms with E-state index in [0.29, 0.717) is 5.56 Å². The molecule has 2 atom stereocenters. The molecule has 0 spiro atoms. The minimum Gasteiger partial charge on any atom is -0.480 e. The van der Waals surface area contributed by atoms with Gasteiger partial charge in [-0.15, -0.1) is 0 Å². The maximum Gasteiger partial charge on any atom is 0.326 e. The topological polar surface area (TPSA) is 127 Å². The third kappa shape index (κ3) is 2.69. The van der Waals surface area contributed by atoms with Crippen molar-refractivity contribution in [1.29, 1.82) is 0 Å². The molecule has 9 nitrogen and oxygen atoms in total. The van der Waals surface area contributed by atoms with Crippen molar-refractivity contribution < 1.29 is 19.7 Å². The Balaban J connectivity index is 2.69. The summed E-state index contributed by atoms with van der Waals surface area (Å²) < 4.78 is 0. The van der Waals surface area contributed by atoms with Crippen LogP contribution in [-0.2, 0) is 4.79 Å². The molecule has 1 aliphatic heterocycles. The lowest BCUT2D eigenvalue weighted by Gasteiger charge is -2.23. The van der Waals surface area contributed by atoms with Gasteiger partial charge >= 0.3 is 5.97 Å². The van der Waals surface area contributed by atoms with Crippen LogP contribution in [0.3, 0.4) is 0 Å².